The van der Waals surface area contributed by atoms with Crippen LogP contribution in [0.5, 0.6) is 0 Å². The zero-order valence-electron chi connectivity index (χ0n) is 17.2. The number of benzene rings is 1. The fraction of sp³-hybridized carbons (Fsp3) is 0.591. The summed E-state index contributed by atoms with van der Waals surface area (Å²) in [7, 11) is -3.44. The predicted molar refractivity (Wildman–Crippen MR) is 113 cm³/mol. The molecule has 1 aromatic carbocycles. The summed E-state index contributed by atoms with van der Waals surface area (Å²) in [5.41, 5.74) is 0.829. The van der Waals surface area contributed by atoms with Gasteiger partial charge in [0.05, 0.1) is 17.4 Å². The molecule has 2 amide bonds. The van der Waals surface area contributed by atoms with E-state index in [4.69, 9.17) is 0 Å². The van der Waals surface area contributed by atoms with Crippen molar-refractivity contribution in [2.45, 2.75) is 51.1 Å². The zero-order valence-corrected chi connectivity index (χ0v) is 18.0. The summed E-state index contributed by atoms with van der Waals surface area (Å²) in [4.78, 5) is 16.4. The van der Waals surface area contributed by atoms with E-state index in [0.29, 0.717) is 43.1 Å². The lowest BCUT2D eigenvalue weighted by atomic mass is 9.98. The first-order valence-corrected chi connectivity index (χ1v) is 12.4. The van der Waals surface area contributed by atoms with Crippen molar-refractivity contribution in [3.05, 3.63) is 35.1 Å². The van der Waals surface area contributed by atoms with Gasteiger partial charge in [-0.3, -0.25) is 0 Å². The maximum Gasteiger partial charge on any atom is 0.320 e. The van der Waals surface area contributed by atoms with Gasteiger partial charge in [0.25, 0.3) is 0 Å². The average molecular weight is 434 g/mol. The van der Waals surface area contributed by atoms with Crippen LogP contribution in [0.25, 0.3) is 0 Å². The van der Waals surface area contributed by atoms with Crippen molar-refractivity contribution in [2.75, 3.05) is 25.4 Å². The zero-order chi connectivity index (χ0) is 21.3. The molecule has 0 bridgehead atoms. The number of sulfonamides is 1. The Morgan fingerprint density at radius 1 is 1.23 bits per heavy atom. The van der Waals surface area contributed by atoms with Gasteiger partial charge in [-0.2, -0.15) is 0 Å². The van der Waals surface area contributed by atoms with Gasteiger partial charge in [0.15, 0.2) is 0 Å². The van der Waals surface area contributed by atoms with Gasteiger partial charge in [0, 0.05) is 31.6 Å². The summed E-state index contributed by atoms with van der Waals surface area (Å²) in [6.07, 6.45) is 3.90. The van der Waals surface area contributed by atoms with Gasteiger partial charge in [0.2, 0.25) is 10.0 Å². The van der Waals surface area contributed by atoms with Crippen LogP contribution in [0, 0.1) is 23.6 Å². The van der Waals surface area contributed by atoms with Gasteiger partial charge < -0.3 is 9.80 Å². The maximum absolute atomic E-state index is 15.1. The SMILES string of the molecule is CCS(=O)(=O)NC1CCN(C(=O)N2CCC2)C1Cc1cccc(C#CC2CC2)c1F. The summed E-state index contributed by atoms with van der Waals surface area (Å²) in [6, 6.07) is 4.20. The van der Waals surface area contributed by atoms with Gasteiger partial charge in [0.1, 0.15) is 5.82 Å². The highest BCUT2D eigenvalue weighted by Crippen LogP contribution is 2.29. The van der Waals surface area contributed by atoms with Crippen LogP contribution >= 0.6 is 0 Å². The van der Waals surface area contributed by atoms with Crippen molar-refractivity contribution >= 4 is 16.1 Å². The third-order valence-electron chi connectivity index (χ3n) is 6.13. The first kappa shape index (κ1) is 21.1. The van der Waals surface area contributed by atoms with Crippen molar-refractivity contribution in [1.82, 2.24) is 14.5 Å². The molecule has 1 saturated carbocycles. The normalized spacial score (nSPS) is 23.7. The van der Waals surface area contributed by atoms with E-state index in [9.17, 15) is 13.2 Å². The summed E-state index contributed by atoms with van der Waals surface area (Å²) < 4.78 is 42.2. The number of urea groups is 1. The van der Waals surface area contributed by atoms with E-state index < -0.39 is 22.1 Å². The molecule has 8 heteroatoms. The summed E-state index contributed by atoms with van der Waals surface area (Å²) in [6.45, 7) is 3.47. The lowest BCUT2D eigenvalue weighted by molar-refractivity contribution is 0.120. The van der Waals surface area contributed by atoms with Gasteiger partial charge >= 0.3 is 6.03 Å². The monoisotopic (exact) mass is 433 g/mol. The molecular weight excluding hydrogens is 405 g/mol. The maximum atomic E-state index is 15.1. The average Bonchev–Trinajstić information content (AvgIpc) is 3.42. The van der Waals surface area contributed by atoms with Crippen LogP contribution in [0.2, 0.25) is 0 Å². The second-order valence-electron chi connectivity index (χ2n) is 8.33. The molecule has 2 saturated heterocycles. The van der Waals surface area contributed by atoms with Gasteiger partial charge in [-0.1, -0.05) is 24.0 Å². The fourth-order valence-electron chi connectivity index (χ4n) is 3.95. The number of hydrogen-bond donors (Lipinski definition) is 1. The quantitative estimate of drug-likeness (QED) is 0.725. The third-order valence-corrected chi connectivity index (χ3v) is 7.55. The van der Waals surface area contributed by atoms with E-state index in [0.717, 1.165) is 19.3 Å². The Labute approximate surface area is 177 Å². The minimum atomic E-state index is -3.44. The molecule has 3 fully saturated rings. The Balaban J connectivity index is 1.59. The molecule has 3 aliphatic rings. The summed E-state index contributed by atoms with van der Waals surface area (Å²) in [5, 5.41) is 0. The van der Waals surface area contributed by atoms with Crippen LogP contribution in [0.15, 0.2) is 18.2 Å². The van der Waals surface area contributed by atoms with Crippen molar-refractivity contribution in [3.63, 3.8) is 0 Å². The van der Waals surface area contributed by atoms with Crippen molar-refractivity contribution in [1.29, 1.82) is 0 Å². The second-order valence-corrected chi connectivity index (χ2v) is 10.4. The Bertz CT molecular complexity index is 977. The molecule has 1 aromatic rings. The van der Waals surface area contributed by atoms with E-state index in [-0.39, 0.29) is 24.0 Å². The van der Waals surface area contributed by atoms with Crippen LogP contribution in [0.4, 0.5) is 9.18 Å². The largest absolute Gasteiger partial charge is 0.325 e. The lowest BCUT2D eigenvalue weighted by Crippen LogP contribution is -2.54. The number of nitrogens with zero attached hydrogens (tertiary/aromatic N) is 2. The van der Waals surface area contributed by atoms with Crippen molar-refractivity contribution in [2.24, 2.45) is 5.92 Å². The molecule has 0 radical (unpaired) electrons. The van der Waals surface area contributed by atoms with Crippen LogP contribution in [0.3, 0.4) is 0 Å². The first-order valence-electron chi connectivity index (χ1n) is 10.7. The van der Waals surface area contributed by atoms with E-state index in [1.807, 2.05) is 0 Å². The van der Waals surface area contributed by atoms with E-state index >= 15 is 4.39 Å². The fourth-order valence-corrected chi connectivity index (χ4v) is 4.85. The highest BCUT2D eigenvalue weighted by molar-refractivity contribution is 7.89. The highest BCUT2D eigenvalue weighted by atomic mass is 32.2. The second kappa shape index (κ2) is 8.56. The van der Waals surface area contributed by atoms with E-state index in [2.05, 4.69) is 16.6 Å². The van der Waals surface area contributed by atoms with E-state index in [1.54, 1.807) is 34.9 Å². The van der Waals surface area contributed by atoms with Crippen molar-refractivity contribution in [3.8, 4) is 11.8 Å². The van der Waals surface area contributed by atoms with Gasteiger partial charge in [-0.25, -0.2) is 22.3 Å². The first-order chi connectivity index (χ1) is 14.4. The summed E-state index contributed by atoms with van der Waals surface area (Å²) in [5.74, 6) is 6.01. The number of hydrogen-bond acceptors (Lipinski definition) is 3. The number of carbonyl (C=O) groups excluding carboxylic acids is 1. The molecule has 1 aliphatic carbocycles. The molecule has 2 aliphatic heterocycles. The highest BCUT2D eigenvalue weighted by Gasteiger charge is 2.41. The third kappa shape index (κ3) is 4.62. The smallest absolute Gasteiger partial charge is 0.320 e. The van der Waals surface area contributed by atoms with Crippen LogP contribution in [-0.2, 0) is 16.4 Å². The van der Waals surface area contributed by atoms with E-state index in [1.165, 1.54) is 0 Å². The number of amides is 2. The Morgan fingerprint density at radius 2 is 2.00 bits per heavy atom. The topological polar surface area (TPSA) is 69.7 Å². The number of halogens is 1. The molecule has 0 aromatic heterocycles. The number of likely N-dealkylation sites (tertiary alicyclic amines) is 2. The molecule has 2 heterocycles. The molecule has 30 heavy (non-hydrogen) atoms. The Hall–Kier alpha value is -2.11. The van der Waals surface area contributed by atoms with Gasteiger partial charge in [-0.05, 0) is 50.7 Å². The Kier molecular flexibility index (Phi) is 6.03. The number of nitrogens with one attached hydrogen (secondary N) is 1. The van der Waals surface area contributed by atoms with Crippen LogP contribution in [0.1, 0.15) is 43.7 Å². The number of carbonyl (C=O) groups is 1. The number of rotatable bonds is 5. The van der Waals surface area contributed by atoms with Crippen LogP contribution < -0.4 is 4.72 Å². The molecule has 0 spiro atoms. The molecule has 162 valence electrons. The molecule has 1 N–H and O–H groups in total. The predicted octanol–water partition coefficient (Wildman–Crippen LogP) is 2.34. The molecule has 2 unspecified atom stereocenters. The summed E-state index contributed by atoms with van der Waals surface area (Å²) >= 11 is 0. The lowest BCUT2D eigenvalue weighted by Gasteiger charge is -2.38. The molecule has 4 rings (SSSR count). The molecule has 6 nitrogen and oxygen atoms in total. The minimum Gasteiger partial charge on any atom is -0.325 e. The standard InChI is InChI=1S/C22H28FN3O3S/c1-2-30(28,29)24-19-11-14-26(22(27)25-12-4-13-25)20(19)15-18-6-3-5-17(21(18)23)10-9-16-7-8-16/h3,5-6,16,19-20,24H,2,4,7-8,11-15H2,1H3. The Morgan fingerprint density at radius 3 is 2.63 bits per heavy atom. The van der Waals surface area contributed by atoms with Gasteiger partial charge in [-0.15, -0.1) is 0 Å². The van der Waals surface area contributed by atoms with Crippen LogP contribution in [-0.4, -0.2) is 61.7 Å². The molecular formula is C22H28FN3O3S. The minimum absolute atomic E-state index is 0.0309. The molecule has 2 atom stereocenters. The van der Waals surface area contributed by atoms with Crippen molar-refractivity contribution < 1.29 is 17.6 Å².